The van der Waals surface area contributed by atoms with Crippen molar-refractivity contribution in [3.05, 3.63) is 29.8 Å². The number of aromatic nitrogens is 4. The van der Waals surface area contributed by atoms with Crippen molar-refractivity contribution in [2.75, 3.05) is 13.7 Å². The van der Waals surface area contributed by atoms with E-state index in [1.165, 1.54) is 43.9 Å². The molecule has 0 spiro atoms. The molecule has 0 bridgehead atoms. The molecule has 27 heavy (non-hydrogen) atoms. The summed E-state index contributed by atoms with van der Waals surface area (Å²) in [7, 11) is 1.64. The standard InChI is InChI=1S/C19H27N5O2S/c1-14(18(25)20-12-15-6-4-3-5-7-15)27-19-21-22-23-24(19)13-16-8-10-17(26-2)11-9-16/h8-11,14-15H,3-7,12-13H2,1-2H3,(H,20,25). The molecular weight excluding hydrogens is 362 g/mol. The Labute approximate surface area is 164 Å². The molecule has 1 amide bonds. The normalized spacial score (nSPS) is 16.1. The fourth-order valence-corrected chi connectivity index (χ4v) is 4.09. The van der Waals surface area contributed by atoms with Crippen molar-refractivity contribution in [1.82, 2.24) is 25.5 Å². The minimum atomic E-state index is -0.241. The Morgan fingerprint density at radius 3 is 2.74 bits per heavy atom. The second-order valence-corrected chi connectivity index (χ2v) is 8.28. The monoisotopic (exact) mass is 389 g/mol. The number of ether oxygens (including phenoxy) is 1. The van der Waals surface area contributed by atoms with Crippen LogP contribution >= 0.6 is 11.8 Å². The van der Waals surface area contributed by atoms with Crippen LogP contribution in [-0.4, -0.2) is 45.0 Å². The lowest BCUT2D eigenvalue weighted by molar-refractivity contribution is -0.120. The molecule has 1 aliphatic rings. The number of rotatable bonds is 8. The van der Waals surface area contributed by atoms with Gasteiger partial charge in [0.15, 0.2) is 0 Å². The number of tetrazole rings is 1. The van der Waals surface area contributed by atoms with Gasteiger partial charge in [-0.1, -0.05) is 43.2 Å². The molecule has 1 aromatic heterocycles. The lowest BCUT2D eigenvalue weighted by atomic mass is 9.89. The van der Waals surface area contributed by atoms with Gasteiger partial charge in [-0.25, -0.2) is 4.68 Å². The van der Waals surface area contributed by atoms with Crippen LogP contribution in [0.3, 0.4) is 0 Å². The maximum atomic E-state index is 12.4. The number of amides is 1. The summed E-state index contributed by atoms with van der Waals surface area (Å²) in [5.74, 6) is 1.48. The molecule has 2 aromatic rings. The summed E-state index contributed by atoms with van der Waals surface area (Å²) >= 11 is 1.39. The SMILES string of the molecule is COc1ccc(Cn2nnnc2SC(C)C(=O)NCC2CCCCC2)cc1. The average molecular weight is 390 g/mol. The first-order valence-electron chi connectivity index (χ1n) is 9.49. The van der Waals surface area contributed by atoms with Crippen molar-refractivity contribution in [2.24, 2.45) is 5.92 Å². The van der Waals surface area contributed by atoms with Gasteiger partial charge < -0.3 is 10.1 Å². The fourth-order valence-electron chi connectivity index (χ4n) is 3.28. The second-order valence-electron chi connectivity index (χ2n) is 6.98. The third kappa shape index (κ3) is 5.69. The van der Waals surface area contributed by atoms with Crippen molar-refractivity contribution in [2.45, 2.75) is 56.0 Å². The third-order valence-electron chi connectivity index (χ3n) is 4.93. The summed E-state index contributed by atoms with van der Waals surface area (Å²) in [6, 6.07) is 7.78. The van der Waals surface area contributed by atoms with Crippen LogP contribution in [-0.2, 0) is 11.3 Å². The number of nitrogens with zero attached hydrogens (tertiary/aromatic N) is 4. The zero-order chi connectivity index (χ0) is 19.1. The lowest BCUT2D eigenvalue weighted by Gasteiger charge is -2.22. The Balaban J connectivity index is 1.52. The van der Waals surface area contributed by atoms with Gasteiger partial charge in [-0.05, 0) is 53.8 Å². The Morgan fingerprint density at radius 2 is 2.04 bits per heavy atom. The zero-order valence-electron chi connectivity index (χ0n) is 15.9. The number of carbonyl (C=O) groups excluding carboxylic acids is 1. The van der Waals surface area contributed by atoms with Crippen molar-refractivity contribution in [3.8, 4) is 5.75 Å². The van der Waals surface area contributed by atoms with E-state index in [9.17, 15) is 4.79 Å². The number of thioether (sulfide) groups is 1. The maximum Gasteiger partial charge on any atom is 0.233 e. The van der Waals surface area contributed by atoms with E-state index in [1.807, 2.05) is 31.2 Å². The molecule has 1 aliphatic carbocycles. The Kier molecular flexibility index (Phi) is 7.09. The number of methoxy groups -OCH3 is 1. The Hall–Kier alpha value is -2.09. The highest BCUT2D eigenvalue weighted by atomic mass is 32.2. The summed E-state index contributed by atoms with van der Waals surface area (Å²) in [6.07, 6.45) is 6.34. The second kappa shape index (κ2) is 9.73. The molecule has 1 saturated carbocycles. The van der Waals surface area contributed by atoms with Gasteiger partial charge in [-0.2, -0.15) is 0 Å². The first-order valence-corrected chi connectivity index (χ1v) is 10.4. The van der Waals surface area contributed by atoms with Gasteiger partial charge in [-0.3, -0.25) is 4.79 Å². The van der Waals surface area contributed by atoms with Crippen LogP contribution in [0.2, 0.25) is 0 Å². The van der Waals surface area contributed by atoms with Crippen molar-refractivity contribution < 1.29 is 9.53 Å². The summed E-state index contributed by atoms with van der Waals surface area (Å²) in [5.41, 5.74) is 1.07. The summed E-state index contributed by atoms with van der Waals surface area (Å²) in [5, 5.41) is 15.4. The van der Waals surface area contributed by atoms with Crippen molar-refractivity contribution >= 4 is 17.7 Å². The minimum Gasteiger partial charge on any atom is -0.497 e. The first-order chi connectivity index (χ1) is 13.2. The van der Waals surface area contributed by atoms with Gasteiger partial charge >= 0.3 is 0 Å². The highest BCUT2D eigenvalue weighted by molar-refractivity contribution is 8.00. The Bertz CT molecular complexity index is 728. The van der Waals surface area contributed by atoms with Crippen LogP contribution < -0.4 is 10.1 Å². The molecule has 7 nitrogen and oxygen atoms in total. The molecule has 0 saturated heterocycles. The fraction of sp³-hybridized carbons (Fsp3) is 0.579. The molecular formula is C19H27N5O2S. The van der Waals surface area contributed by atoms with Crippen LogP contribution in [0.1, 0.15) is 44.6 Å². The largest absolute Gasteiger partial charge is 0.497 e. The summed E-state index contributed by atoms with van der Waals surface area (Å²) in [6.45, 7) is 3.23. The molecule has 1 aromatic carbocycles. The molecule has 8 heteroatoms. The van der Waals surface area contributed by atoms with E-state index in [-0.39, 0.29) is 11.2 Å². The number of hydrogen-bond acceptors (Lipinski definition) is 6. The van der Waals surface area contributed by atoms with Crippen molar-refractivity contribution in [1.29, 1.82) is 0 Å². The minimum absolute atomic E-state index is 0.0459. The average Bonchev–Trinajstić information content (AvgIpc) is 3.14. The number of nitrogens with one attached hydrogen (secondary N) is 1. The van der Waals surface area contributed by atoms with E-state index in [4.69, 9.17) is 4.74 Å². The molecule has 0 radical (unpaired) electrons. The van der Waals surface area contributed by atoms with E-state index in [1.54, 1.807) is 11.8 Å². The van der Waals surface area contributed by atoms with Gasteiger partial charge in [0.1, 0.15) is 5.75 Å². The van der Waals surface area contributed by atoms with E-state index in [2.05, 4.69) is 20.8 Å². The van der Waals surface area contributed by atoms with E-state index < -0.39 is 0 Å². The smallest absolute Gasteiger partial charge is 0.233 e. The van der Waals surface area contributed by atoms with Crippen molar-refractivity contribution in [3.63, 3.8) is 0 Å². The molecule has 0 aliphatic heterocycles. The van der Waals surface area contributed by atoms with Gasteiger partial charge in [0.05, 0.1) is 18.9 Å². The molecule has 1 N–H and O–H groups in total. The van der Waals surface area contributed by atoms with Crippen LogP contribution in [0.5, 0.6) is 5.75 Å². The number of hydrogen-bond donors (Lipinski definition) is 1. The summed E-state index contributed by atoms with van der Waals surface area (Å²) in [4.78, 5) is 12.4. The number of carbonyl (C=O) groups is 1. The van der Waals surface area contributed by atoms with Gasteiger partial charge in [0.25, 0.3) is 0 Å². The van der Waals surface area contributed by atoms with Crippen LogP contribution in [0.4, 0.5) is 0 Å². The first kappa shape index (κ1) is 19.7. The highest BCUT2D eigenvalue weighted by Gasteiger charge is 2.20. The predicted octanol–water partition coefficient (Wildman–Crippen LogP) is 2.91. The quantitative estimate of drug-likeness (QED) is 0.699. The Morgan fingerprint density at radius 1 is 1.30 bits per heavy atom. The molecule has 1 atom stereocenters. The van der Waals surface area contributed by atoms with Gasteiger partial charge in [0.2, 0.25) is 11.1 Å². The van der Waals surface area contributed by atoms with E-state index in [0.717, 1.165) is 17.9 Å². The molecule has 1 unspecified atom stereocenters. The molecule has 3 rings (SSSR count). The molecule has 1 heterocycles. The van der Waals surface area contributed by atoms with E-state index >= 15 is 0 Å². The number of benzene rings is 1. The van der Waals surface area contributed by atoms with Crippen LogP contribution in [0.15, 0.2) is 29.4 Å². The van der Waals surface area contributed by atoms with Gasteiger partial charge in [0, 0.05) is 6.54 Å². The topological polar surface area (TPSA) is 81.9 Å². The highest BCUT2D eigenvalue weighted by Crippen LogP contribution is 2.24. The van der Waals surface area contributed by atoms with Crippen LogP contribution in [0, 0.1) is 5.92 Å². The van der Waals surface area contributed by atoms with Crippen LogP contribution in [0.25, 0.3) is 0 Å². The molecule has 1 fully saturated rings. The summed E-state index contributed by atoms with van der Waals surface area (Å²) < 4.78 is 6.90. The third-order valence-corrected chi connectivity index (χ3v) is 6.00. The van der Waals surface area contributed by atoms with E-state index in [0.29, 0.717) is 17.6 Å². The predicted molar refractivity (Wildman–Crippen MR) is 105 cm³/mol. The lowest BCUT2D eigenvalue weighted by Crippen LogP contribution is -2.35. The molecule has 146 valence electrons. The maximum absolute atomic E-state index is 12.4. The zero-order valence-corrected chi connectivity index (χ0v) is 16.7. The van der Waals surface area contributed by atoms with Gasteiger partial charge in [-0.15, -0.1) is 5.10 Å².